The van der Waals surface area contributed by atoms with Crippen molar-refractivity contribution < 1.29 is 57.0 Å². The van der Waals surface area contributed by atoms with E-state index in [0.29, 0.717) is 6.42 Å². The number of methoxy groups -OCH3 is 3. The largest absolute Gasteiger partial charge is 0.513 e. The smallest absolute Gasteiger partial charge is 0.505 e. The molecule has 0 spiro atoms. The van der Waals surface area contributed by atoms with Crippen LogP contribution in [0, 0.1) is 0 Å². The fraction of sp³-hybridized carbons (Fsp3) is 0.389. The predicted molar refractivity (Wildman–Crippen MR) is 98.4 cm³/mol. The first-order valence-electron chi connectivity index (χ1n) is 8.26. The highest BCUT2D eigenvalue weighted by atomic mass is 16.8. The van der Waals surface area contributed by atoms with Gasteiger partial charge in [-0.25, -0.2) is 14.4 Å². The second-order valence-electron chi connectivity index (χ2n) is 4.70. The lowest BCUT2D eigenvalue weighted by atomic mass is 10.4. The summed E-state index contributed by atoms with van der Waals surface area (Å²) in [5.74, 6) is 0. The topological polar surface area (TPSA) is 134 Å². The van der Waals surface area contributed by atoms with E-state index in [9.17, 15) is 14.4 Å². The number of carbonyl (C=O) groups excluding carboxylic acids is 3. The zero-order valence-electron chi connectivity index (χ0n) is 16.7. The van der Waals surface area contributed by atoms with Gasteiger partial charge in [-0.05, 0) is 18.6 Å². The van der Waals surface area contributed by atoms with Crippen LogP contribution in [0.25, 0.3) is 0 Å². The summed E-state index contributed by atoms with van der Waals surface area (Å²) in [6, 6.07) is 0. The molecule has 0 aliphatic carbocycles. The van der Waals surface area contributed by atoms with Gasteiger partial charge >= 0.3 is 18.5 Å². The number of rotatable bonds is 13. The maximum atomic E-state index is 11.6. The van der Waals surface area contributed by atoms with Crippen LogP contribution in [-0.4, -0.2) is 59.1 Å². The van der Waals surface area contributed by atoms with Crippen LogP contribution in [0.3, 0.4) is 0 Å². The molecule has 0 aromatic rings. The summed E-state index contributed by atoms with van der Waals surface area (Å²) in [5.41, 5.74) is 0. The average molecular weight is 432 g/mol. The molecular formula is C18H24O12. The van der Waals surface area contributed by atoms with Gasteiger partial charge in [-0.2, -0.15) is 0 Å². The molecule has 1 unspecified atom stereocenters. The number of ether oxygens (including phenoxy) is 9. The van der Waals surface area contributed by atoms with Crippen LogP contribution < -0.4 is 0 Å². The molecular weight excluding hydrogens is 408 g/mol. The molecule has 0 saturated heterocycles. The minimum Gasteiger partial charge on any atom is -0.505 e. The van der Waals surface area contributed by atoms with Crippen molar-refractivity contribution in [2.45, 2.75) is 12.5 Å². The Labute approximate surface area is 173 Å². The Morgan fingerprint density at radius 1 is 0.633 bits per heavy atom. The van der Waals surface area contributed by atoms with E-state index in [1.807, 2.05) is 0 Å². The summed E-state index contributed by atoms with van der Waals surface area (Å²) in [7, 11) is 4.18. The molecule has 0 aromatic carbocycles. The molecule has 0 radical (unpaired) electrons. The Balaban J connectivity index is 4.55. The first kappa shape index (κ1) is 26.2. The van der Waals surface area contributed by atoms with Crippen LogP contribution in [-0.2, 0) is 42.6 Å². The second kappa shape index (κ2) is 18.5. The van der Waals surface area contributed by atoms with Crippen LogP contribution in [0.15, 0.2) is 49.7 Å². The van der Waals surface area contributed by atoms with E-state index in [1.54, 1.807) is 6.08 Å². The van der Waals surface area contributed by atoms with Gasteiger partial charge in [0.1, 0.15) is 38.3 Å². The monoisotopic (exact) mass is 432 g/mol. The van der Waals surface area contributed by atoms with Crippen LogP contribution >= 0.6 is 0 Å². The standard InChI is InChI=1S/C18H24O12/c1-22-7-5-4-6-8-25-16(19)28-13-15(30-18(21)27-12-10-24-3)14-29-17(20)26-11-9-23-2/h5-12,15H,4,13-14H2,1-3H3/b7-5-,8-6-,11-9-,12-10-. The van der Waals surface area contributed by atoms with Crippen molar-refractivity contribution in [1.29, 1.82) is 0 Å². The van der Waals surface area contributed by atoms with Gasteiger partial charge in [0.15, 0.2) is 6.10 Å². The molecule has 12 heteroatoms. The number of hydrogen-bond acceptors (Lipinski definition) is 12. The van der Waals surface area contributed by atoms with E-state index in [2.05, 4.69) is 23.7 Å². The summed E-state index contributed by atoms with van der Waals surface area (Å²) in [5, 5.41) is 0. The van der Waals surface area contributed by atoms with Crippen molar-refractivity contribution in [2.75, 3.05) is 34.5 Å². The van der Waals surface area contributed by atoms with Gasteiger partial charge in [-0.3, -0.25) is 0 Å². The van der Waals surface area contributed by atoms with Crippen LogP contribution in [0.2, 0.25) is 0 Å². The summed E-state index contributed by atoms with van der Waals surface area (Å²) < 4.78 is 41.9. The molecule has 0 amide bonds. The van der Waals surface area contributed by atoms with E-state index in [0.717, 1.165) is 31.3 Å². The zero-order valence-corrected chi connectivity index (χ0v) is 16.7. The molecule has 0 saturated carbocycles. The van der Waals surface area contributed by atoms with Gasteiger partial charge in [0.2, 0.25) is 0 Å². The maximum Gasteiger partial charge on any atom is 0.513 e. The molecule has 168 valence electrons. The van der Waals surface area contributed by atoms with E-state index in [-0.39, 0.29) is 0 Å². The maximum absolute atomic E-state index is 11.6. The predicted octanol–water partition coefficient (Wildman–Crippen LogP) is 3.11. The van der Waals surface area contributed by atoms with E-state index in [1.165, 1.54) is 33.7 Å². The summed E-state index contributed by atoms with van der Waals surface area (Å²) >= 11 is 0. The molecule has 0 N–H and O–H groups in total. The Kier molecular flexibility index (Phi) is 16.2. The summed E-state index contributed by atoms with van der Waals surface area (Å²) in [4.78, 5) is 34.5. The molecule has 0 aliphatic heterocycles. The lowest BCUT2D eigenvalue weighted by Crippen LogP contribution is -2.30. The Morgan fingerprint density at radius 3 is 1.63 bits per heavy atom. The zero-order chi connectivity index (χ0) is 22.5. The average Bonchev–Trinajstić information content (AvgIpc) is 2.73. The van der Waals surface area contributed by atoms with Crippen molar-refractivity contribution in [3.05, 3.63) is 49.7 Å². The number of allylic oxidation sites excluding steroid dienone is 2. The fourth-order valence-corrected chi connectivity index (χ4v) is 1.34. The molecule has 12 nitrogen and oxygen atoms in total. The summed E-state index contributed by atoms with van der Waals surface area (Å²) in [6.07, 6.45) is 5.69. The first-order chi connectivity index (χ1) is 14.5. The highest BCUT2D eigenvalue weighted by Gasteiger charge is 2.21. The fourth-order valence-electron chi connectivity index (χ4n) is 1.34. The minimum absolute atomic E-state index is 0.459. The van der Waals surface area contributed by atoms with Crippen molar-refractivity contribution in [2.24, 2.45) is 0 Å². The minimum atomic E-state index is -1.21. The quantitative estimate of drug-likeness (QED) is 0.240. The van der Waals surface area contributed by atoms with Gasteiger partial charge in [-0.15, -0.1) is 0 Å². The third-order valence-electron chi connectivity index (χ3n) is 2.51. The van der Waals surface area contributed by atoms with Crippen LogP contribution in [0.4, 0.5) is 14.4 Å². The molecule has 0 aromatic heterocycles. The van der Waals surface area contributed by atoms with Gasteiger partial charge < -0.3 is 42.6 Å². The Morgan fingerprint density at radius 2 is 1.10 bits per heavy atom. The van der Waals surface area contributed by atoms with Gasteiger partial charge in [0.25, 0.3) is 0 Å². The third kappa shape index (κ3) is 16.4. The normalized spacial score (nSPS) is 12.0. The number of carbonyl (C=O) groups is 3. The third-order valence-corrected chi connectivity index (χ3v) is 2.51. The molecule has 0 aliphatic rings. The van der Waals surface area contributed by atoms with Gasteiger partial charge in [0.05, 0.1) is 33.9 Å². The van der Waals surface area contributed by atoms with Gasteiger partial charge in [0, 0.05) is 0 Å². The SMILES string of the molecule is CO/C=C\C/C=C\OC(=O)OCC(COC(=O)O/C=C\OC)OC(=O)O/C=C\OC. The van der Waals surface area contributed by atoms with Crippen molar-refractivity contribution in [1.82, 2.24) is 0 Å². The highest BCUT2D eigenvalue weighted by Crippen LogP contribution is 2.02. The van der Waals surface area contributed by atoms with Gasteiger partial charge in [-0.1, -0.05) is 0 Å². The van der Waals surface area contributed by atoms with Crippen LogP contribution in [0.1, 0.15) is 6.42 Å². The first-order valence-corrected chi connectivity index (χ1v) is 8.26. The summed E-state index contributed by atoms with van der Waals surface area (Å²) in [6.45, 7) is -1.01. The molecule has 0 heterocycles. The van der Waals surface area contributed by atoms with E-state index >= 15 is 0 Å². The van der Waals surface area contributed by atoms with E-state index < -0.39 is 37.8 Å². The van der Waals surface area contributed by atoms with Crippen molar-refractivity contribution in [3.8, 4) is 0 Å². The molecule has 30 heavy (non-hydrogen) atoms. The lowest BCUT2D eigenvalue weighted by Gasteiger charge is -2.16. The van der Waals surface area contributed by atoms with Crippen molar-refractivity contribution in [3.63, 3.8) is 0 Å². The van der Waals surface area contributed by atoms with E-state index in [4.69, 9.17) is 18.9 Å². The molecule has 0 rings (SSSR count). The molecule has 0 fully saturated rings. The molecule has 1 atom stereocenters. The molecule has 0 bridgehead atoms. The Hall–Kier alpha value is -3.83. The lowest BCUT2D eigenvalue weighted by molar-refractivity contribution is -0.0308. The second-order valence-corrected chi connectivity index (χ2v) is 4.70. The number of hydrogen-bond donors (Lipinski definition) is 0. The van der Waals surface area contributed by atoms with Crippen LogP contribution in [0.5, 0.6) is 0 Å². The highest BCUT2D eigenvalue weighted by molar-refractivity contribution is 5.62. The van der Waals surface area contributed by atoms with Crippen molar-refractivity contribution >= 4 is 18.5 Å². The Bertz CT molecular complexity index is 608.